The van der Waals surface area contributed by atoms with Crippen LogP contribution in [-0.2, 0) is 9.47 Å². The standard InChI is InChI=1S/C11H24O4/c1-8(2)9(6-12)14-10(7-13)15-11(3,4)5/h8-10,12-13H,6-7H2,1-5H3. The van der Waals surface area contributed by atoms with E-state index in [2.05, 4.69) is 0 Å². The van der Waals surface area contributed by atoms with Crippen LogP contribution in [0.5, 0.6) is 0 Å². The lowest BCUT2D eigenvalue weighted by Crippen LogP contribution is -2.37. The number of rotatable bonds is 6. The molecule has 92 valence electrons. The summed E-state index contributed by atoms with van der Waals surface area (Å²) in [6, 6.07) is 0. The molecule has 0 saturated heterocycles. The Balaban J connectivity index is 4.19. The second-order valence-electron chi connectivity index (χ2n) is 4.94. The maximum atomic E-state index is 9.08. The Hall–Kier alpha value is -0.160. The lowest BCUT2D eigenvalue weighted by Gasteiger charge is -2.30. The first-order chi connectivity index (χ1) is 6.80. The zero-order valence-electron chi connectivity index (χ0n) is 10.4. The SMILES string of the molecule is CC(C)C(CO)OC(CO)OC(C)(C)C. The van der Waals surface area contributed by atoms with Crippen LogP contribution in [0.2, 0.25) is 0 Å². The highest BCUT2D eigenvalue weighted by Gasteiger charge is 2.23. The summed E-state index contributed by atoms with van der Waals surface area (Å²) in [5.74, 6) is 0.188. The molecule has 0 heterocycles. The van der Waals surface area contributed by atoms with Crippen LogP contribution in [0.1, 0.15) is 34.6 Å². The summed E-state index contributed by atoms with van der Waals surface area (Å²) in [7, 11) is 0. The van der Waals surface area contributed by atoms with Crippen molar-refractivity contribution < 1.29 is 19.7 Å². The molecule has 15 heavy (non-hydrogen) atoms. The van der Waals surface area contributed by atoms with E-state index in [4.69, 9.17) is 19.7 Å². The average molecular weight is 220 g/mol. The number of aliphatic hydroxyl groups is 2. The van der Waals surface area contributed by atoms with Crippen LogP contribution in [0.25, 0.3) is 0 Å². The second-order valence-corrected chi connectivity index (χ2v) is 4.94. The van der Waals surface area contributed by atoms with Gasteiger partial charge in [-0.25, -0.2) is 0 Å². The van der Waals surface area contributed by atoms with Gasteiger partial charge in [0.05, 0.1) is 24.9 Å². The van der Waals surface area contributed by atoms with E-state index in [-0.39, 0.29) is 30.8 Å². The molecule has 0 aliphatic rings. The van der Waals surface area contributed by atoms with Crippen molar-refractivity contribution in [2.45, 2.75) is 52.6 Å². The summed E-state index contributed by atoms with van der Waals surface area (Å²) < 4.78 is 11.0. The second kappa shape index (κ2) is 6.43. The number of hydrogen-bond acceptors (Lipinski definition) is 4. The lowest BCUT2D eigenvalue weighted by atomic mass is 10.1. The van der Waals surface area contributed by atoms with Crippen LogP contribution in [0.4, 0.5) is 0 Å². The fraction of sp³-hybridized carbons (Fsp3) is 1.00. The van der Waals surface area contributed by atoms with Crippen LogP contribution in [0, 0.1) is 5.92 Å². The van der Waals surface area contributed by atoms with Crippen molar-refractivity contribution in [3.8, 4) is 0 Å². The van der Waals surface area contributed by atoms with Crippen molar-refractivity contribution in [3.63, 3.8) is 0 Å². The summed E-state index contributed by atoms with van der Waals surface area (Å²) in [5.41, 5.74) is -0.371. The minimum Gasteiger partial charge on any atom is -0.394 e. The molecule has 0 aliphatic heterocycles. The predicted octanol–water partition coefficient (Wildman–Crippen LogP) is 1.15. The zero-order valence-corrected chi connectivity index (χ0v) is 10.4. The van der Waals surface area contributed by atoms with Gasteiger partial charge >= 0.3 is 0 Å². The Morgan fingerprint density at radius 1 is 1.07 bits per heavy atom. The summed E-state index contributed by atoms with van der Waals surface area (Å²) >= 11 is 0. The average Bonchev–Trinajstić information content (AvgIpc) is 2.09. The van der Waals surface area contributed by atoms with Crippen molar-refractivity contribution in [2.24, 2.45) is 5.92 Å². The largest absolute Gasteiger partial charge is 0.394 e. The smallest absolute Gasteiger partial charge is 0.181 e. The van der Waals surface area contributed by atoms with Gasteiger partial charge in [0, 0.05) is 0 Å². The van der Waals surface area contributed by atoms with Gasteiger partial charge in [0.15, 0.2) is 6.29 Å². The van der Waals surface area contributed by atoms with Gasteiger partial charge in [-0.05, 0) is 26.7 Å². The van der Waals surface area contributed by atoms with Crippen molar-refractivity contribution >= 4 is 0 Å². The van der Waals surface area contributed by atoms with Crippen LogP contribution >= 0.6 is 0 Å². The topological polar surface area (TPSA) is 58.9 Å². The van der Waals surface area contributed by atoms with Crippen LogP contribution in [0.3, 0.4) is 0 Å². The Morgan fingerprint density at radius 3 is 1.87 bits per heavy atom. The molecule has 0 bridgehead atoms. The van der Waals surface area contributed by atoms with Crippen molar-refractivity contribution in [1.82, 2.24) is 0 Å². The number of aliphatic hydroxyl groups excluding tert-OH is 2. The fourth-order valence-corrected chi connectivity index (χ4v) is 1.11. The van der Waals surface area contributed by atoms with E-state index in [9.17, 15) is 0 Å². The maximum Gasteiger partial charge on any atom is 0.181 e. The normalized spacial score (nSPS) is 16.8. The van der Waals surface area contributed by atoms with Gasteiger partial charge in [-0.1, -0.05) is 13.8 Å². The predicted molar refractivity (Wildman–Crippen MR) is 58.5 cm³/mol. The van der Waals surface area contributed by atoms with E-state index in [1.54, 1.807) is 0 Å². The molecule has 0 saturated carbocycles. The highest BCUT2D eigenvalue weighted by Crippen LogP contribution is 2.15. The van der Waals surface area contributed by atoms with E-state index in [0.717, 1.165) is 0 Å². The molecule has 0 rings (SSSR count). The highest BCUT2D eigenvalue weighted by atomic mass is 16.7. The molecule has 0 radical (unpaired) electrons. The van der Waals surface area contributed by atoms with Gasteiger partial charge in [-0.2, -0.15) is 0 Å². The van der Waals surface area contributed by atoms with E-state index >= 15 is 0 Å². The molecule has 2 unspecified atom stereocenters. The third kappa shape index (κ3) is 6.84. The third-order valence-electron chi connectivity index (χ3n) is 1.88. The summed E-state index contributed by atoms with van der Waals surface area (Å²) in [4.78, 5) is 0. The van der Waals surface area contributed by atoms with Crippen molar-refractivity contribution in [3.05, 3.63) is 0 Å². The van der Waals surface area contributed by atoms with Gasteiger partial charge < -0.3 is 19.7 Å². The van der Waals surface area contributed by atoms with E-state index in [1.807, 2.05) is 34.6 Å². The Kier molecular flexibility index (Phi) is 6.36. The molecule has 4 nitrogen and oxygen atoms in total. The fourth-order valence-electron chi connectivity index (χ4n) is 1.11. The molecular formula is C11H24O4. The van der Waals surface area contributed by atoms with E-state index in [1.165, 1.54) is 0 Å². The van der Waals surface area contributed by atoms with E-state index in [0.29, 0.717) is 0 Å². The summed E-state index contributed by atoms with van der Waals surface area (Å²) in [5, 5.41) is 18.2. The zero-order chi connectivity index (χ0) is 12.1. The van der Waals surface area contributed by atoms with Crippen LogP contribution < -0.4 is 0 Å². The number of hydrogen-bond donors (Lipinski definition) is 2. The third-order valence-corrected chi connectivity index (χ3v) is 1.88. The van der Waals surface area contributed by atoms with Crippen molar-refractivity contribution in [1.29, 1.82) is 0 Å². The molecule has 0 aliphatic carbocycles. The molecule has 0 fully saturated rings. The van der Waals surface area contributed by atoms with Gasteiger partial charge in [0.1, 0.15) is 0 Å². The molecule has 4 heteroatoms. The molecule has 2 atom stereocenters. The first-order valence-electron chi connectivity index (χ1n) is 5.35. The monoisotopic (exact) mass is 220 g/mol. The van der Waals surface area contributed by atoms with Crippen LogP contribution in [-0.4, -0.2) is 41.4 Å². The minimum absolute atomic E-state index is 0.0678. The molecule has 0 amide bonds. The first kappa shape index (κ1) is 14.8. The molecule has 0 spiro atoms. The first-order valence-corrected chi connectivity index (χ1v) is 5.35. The van der Waals surface area contributed by atoms with Crippen LogP contribution in [0.15, 0.2) is 0 Å². The summed E-state index contributed by atoms with van der Waals surface area (Å²) in [6.07, 6.45) is -0.978. The van der Waals surface area contributed by atoms with E-state index < -0.39 is 6.29 Å². The van der Waals surface area contributed by atoms with Gasteiger partial charge in [-0.3, -0.25) is 0 Å². The Labute approximate surface area is 92.2 Å². The van der Waals surface area contributed by atoms with Gasteiger partial charge in [-0.15, -0.1) is 0 Å². The minimum atomic E-state index is -0.676. The molecule has 2 N–H and O–H groups in total. The quantitative estimate of drug-likeness (QED) is 0.659. The Morgan fingerprint density at radius 2 is 1.60 bits per heavy atom. The molecule has 0 aromatic rings. The van der Waals surface area contributed by atoms with Crippen molar-refractivity contribution in [2.75, 3.05) is 13.2 Å². The molecule has 0 aromatic carbocycles. The summed E-state index contributed by atoms with van der Waals surface area (Å²) in [6.45, 7) is 9.30. The van der Waals surface area contributed by atoms with Gasteiger partial charge in [0.25, 0.3) is 0 Å². The highest BCUT2D eigenvalue weighted by molar-refractivity contribution is 4.65. The number of ether oxygens (including phenoxy) is 2. The molecular weight excluding hydrogens is 196 g/mol. The lowest BCUT2D eigenvalue weighted by molar-refractivity contribution is -0.239. The Bertz CT molecular complexity index is 162. The molecule has 0 aromatic heterocycles. The van der Waals surface area contributed by atoms with Gasteiger partial charge in [0.2, 0.25) is 0 Å². The maximum absolute atomic E-state index is 9.08.